The van der Waals surface area contributed by atoms with Gasteiger partial charge in [0.15, 0.2) is 0 Å². The van der Waals surface area contributed by atoms with Gasteiger partial charge in [0, 0.05) is 5.41 Å². The molecule has 0 saturated heterocycles. The zero-order valence-corrected chi connectivity index (χ0v) is 14.5. The highest BCUT2D eigenvalue weighted by Crippen LogP contribution is 2.72. The average molecular weight is 318 g/mol. The fourth-order valence-electron chi connectivity index (χ4n) is 7.51. The Balaban J connectivity index is 1.80. The van der Waals surface area contributed by atoms with Crippen LogP contribution in [0.5, 0.6) is 0 Å². The molecule has 4 fully saturated rings. The number of aliphatic carboxylic acids is 1. The smallest absolute Gasteiger partial charge is 0.309 e. The zero-order valence-electron chi connectivity index (χ0n) is 14.5. The zero-order chi connectivity index (χ0) is 16.6. The summed E-state index contributed by atoms with van der Waals surface area (Å²) in [7, 11) is 0. The molecule has 23 heavy (non-hydrogen) atoms. The summed E-state index contributed by atoms with van der Waals surface area (Å²) in [5.41, 5.74) is 0.704. The van der Waals surface area contributed by atoms with E-state index in [2.05, 4.69) is 13.5 Å². The maximum atomic E-state index is 12.1. The van der Waals surface area contributed by atoms with Crippen molar-refractivity contribution in [1.82, 2.24) is 0 Å². The Hall–Kier alpha value is -0.830. The summed E-state index contributed by atoms with van der Waals surface area (Å²) >= 11 is 0. The number of carbonyl (C=O) groups is 1. The number of aliphatic hydroxyl groups excluding tert-OH is 1. The second kappa shape index (κ2) is 4.62. The molecule has 0 aromatic carbocycles. The minimum Gasteiger partial charge on any atom is -0.481 e. The lowest BCUT2D eigenvalue weighted by Crippen LogP contribution is -2.62. The van der Waals surface area contributed by atoms with Gasteiger partial charge in [0.25, 0.3) is 0 Å². The van der Waals surface area contributed by atoms with Gasteiger partial charge in [-0.15, -0.1) is 0 Å². The van der Waals surface area contributed by atoms with E-state index in [-0.39, 0.29) is 22.9 Å². The van der Waals surface area contributed by atoms with E-state index in [0.717, 1.165) is 38.5 Å². The second-order valence-electron chi connectivity index (χ2n) is 9.49. The summed E-state index contributed by atoms with van der Waals surface area (Å²) in [5.74, 6) is 0.479. The van der Waals surface area contributed by atoms with Gasteiger partial charge in [-0.2, -0.15) is 0 Å². The van der Waals surface area contributed by atoms with Crippen molar-refractivity contribution in [3.05, 3.63) is 12.2 Å². The molecule has 1 unspecified atom stereocenters. The van der Waals surface area contributed by atoms with E-state index in [9.17, 15) is 15.0 Å². The normalized spacial score (nSPS) is 55.2. The van der Waals surface area contributed by atoms with Crippen LogP contribution in [0.25, 0.3) is 0 Å². The van der Waals surface area contributed by atoms with Crippen molar-refractivity contribution in [2.24, 2.45) is 34.0 Å². The molecule has 4 aliphatic rings. The molecule has 0 aromatic heterocycles. The molecule has 1 spiro atoms. The van der Waals surface area contributed by atoms with E-state index >= 15 is 0 Å². The average Bonchev–Trinajstić information content (AvgIpc) is 2.73. The summed E-state index contributed by atoms with van der Waals surface area (Å²) < 4.78 is 0. The number of carboxylic acid groups (broad SMARTS) is 1. The highest BCUT2D eigenvalue weighted by molar-refractivity contribution is 5.75. The highest BCUT2D eigenvalue weighted by atomic mass is 16.4. The van der Waals surface area contributed by atoms with Crippen molar-refractivity contribution in [3.63, 3.8) is 0 Å². The Morgan fingerprint density at radius 2 is 1.96 bits per heavy atom. The third-order valence-corrected chi connectivity index (χ3v) is 8.64. The number of rotatable bonds is 1. The molecule has 0 aliphatic heterocycles. The molecule has 0 aromatic rings. The van der Waals surface area contributed by atoms with Gasteiger partial charge < -0.3 is 10.2 Å². The van der Waals surface area contributed by atoms with Crippen LogP contribution in [-0.2, 0) is 4.79 Å². The van der Waals surface area contributed by atoms with Gasteiger partial charge in [-0.25, -0.2) is 0 Å². The van der Waals surface area contributed by atoms with Gasteiger partial charge in [0.1, 0.15) is 0 Å². The van der Waals surface area contributed by atoms with E-state index < -0.39 is 11.4 Å². The van der Waals surface area contributed by atoms with E-state index in [0.29, 0.717) is 18.3 Å². The van der Waals surface area contributed by atoms with Crippen LogP contribution in [-0.4, -0.2) is 22.3 Å². The van der Waals surface area contributed by atoms with Gasteiger partial charge in [0.05, 0.1) is 11.5 Å². The summed E-state index contributed by atoms with van der Waals surface area (Å²) in [6, 6.07) is 0. The first kappa shape index (κ1) is 15.7. The first-order valence-corrected chi connectivity index (χ1v) is 9.33. The first-order valence-electron chi connectivity index (χ1n) is 9.33. The fraction of sp³-hybridized carbons (Fsp3) is 0.850. The Bertz CT molecular complexity index is 569. The molecule has 4 saturated carbocycles. The first-order chi connectivity index (χ1) is 10.7. The topological polar surface area (TPSA) is 57.5 Å². The van der Waals surface area contributed by atoms with Crippen LogP contribution in [0.2, 0.25) is 0 Å². The highest BCUT2D eigenvalue weighted by Gasteiger charge is 2.67. The summed E-state index contributed by atoms with van der Waals surface area (Å²) in [5, 5.41) is 21.0. The van der Waals surface area contributed by atoms with E-state index in [4.69, 9.17) is 0 Å². The van der Waals surface area contributed by atoms with E-state index in [1.54, 1.807) is 0 Å². The van der Waals surface area contributed by atoms with Crippen LogP contribution in [0.4, 0.5) is 0 Å². The van der Waals surface area contributed by atoms with Gasteiger partial charge >= 0.3 is 5.97 Å². The molecule has 0 heterocycles. The van der Waals surface area contributed by atoms with E-state index in [1.807, 2.05) is 6.92 Å². The van der Waals surface area contributed by atoms with Crippen molar-refractivity contribution in [3.8, 4) is 0 Å². The Morgan fingerprint density at radius 3 is 2.65 bits per heavy atom. The van der Waals surface area contributed by atoms with Crippen molar-refractivity contribution in [2.45, 2.75) is 71.3 Å². The number of allylic oxidation sites excluding steroid dienone is 1. The molecule has 0 amide bonds. The van der Waals surface area contributed by atoms with Gasteiger partial charge in [0.2, 0.25) is 0 Å². The molecule has 3 nitrogen and oxygen atoms in total. The largest absolute Gasteiger partial charge is 0.481 e. The predicted molar refractivity (Wildman–Crippen MR) is 88.8 cm³/mol. The molecular weight excluding hydrogens is 288 g/mol. The third kappa shape index (κ3) is 1.78. The van der Waals surface area contributed by atoms with Crippen LogP contribution >= 0.6 is 0 Å². The Morgan fingerprint density at radius 1 is 1.22 bits per heavy atom. The Labute approximate surface area is 139 Å². The van der Waals surface area contributed by atoms with Gasteiger partial charge in [-0.05, 0) is 75.0 Å². The molecule has 2 bridgehead atoms. The third-order valence-electron chi connectivity index (χ3n) is 8.64. The van der Waals surface area contributed by atoms with Crippen LogP contribution in [0.3, 0.4) is 0 Å². The number of aliphatic hydroxyl groups is 1. The Kier molecular flexibility index (Phi) is 3.15. The lowest BCUT2D eigenvalue weighted by molar-refractivity contribution is -0.208. The van der Waals surface area contributed by atoms with Gasteiger partial charge in [-0.3, -0.25) is 4.79 Å². The number of fused-ring (bicyclic) bond motifs is 3. The maximum absolute atomic E-state index is 12.1. The van der Waals surface area contributed by atoms with Crippen molar-refractivity contribution in [1.29, 1.82) is 0 Å². The summed E-state index contributed by atoms with van der Waals surface area (Å²) in [4.78, 5) is 12.1. The van der Waals surface area contributed by atoms with Crippen molar-refractivity contribution >= 4 is 5.97 Å². The molecule has 4 rings (SSSR count). The van der Waals surface area contributed by atoms with Crippen molar-refractivity contribution in [2.75, 3.05) is 0 Å². The molecule has 2 N–H and O–H groups in total. The molecule has 0 radical (unpaired) electrons. The molecular formula is C20H30O3. The minimum atomic E-state index is -0.679. The van der Waals surface area contributed by atoms with Crippen LogP contribution in [0.1, 0.15) is 65.2 Å². The summed E-state index contributed by atoms with van der Waals surface area (Å²) in [6.45, 7) is 8.57. The second-order valence-corrected chi connectivity index (χ2v) is 9.49. The van der Waals surface area contributed by atoms with Crippen LogP contribution in [0.15, 0.2) is 12.2 Å². The van der Waals surface area contributed by atoms with Crippen LogP contribution in [0, 0.1) is 34.0 Å². The van der Waals surface area contributed by atoms with Crippen LogP contribution < -0.4 is 0 Å². The lowest BCUT2D eigenvalue weighted by atomic mass is 9.40. The molecule has 7 atom stereocenters. The van der Waals surface area contributed by atoms with E-state index in [1.165, 1.54) is 12.0 Å². The number of hydrogen-bond acceptors (Lipinski definition) is 2. The molecule has 128 valence electrons. The summed E-state index contributed by atoms with van der Waals surface area (Å²) in [6.07, 6.45) is 7.57. The molecule has 4 aliphatic carbocycles. The fourth-order valence-corrected chi connectivity index (χ4v) is 7.51. The monoisotopic (exact) mass is 318 g/mol. The predicted octanol–water partition coefficient (Wildman–Crippen LogP) is 4.01. The standard InChI is InChI=1S/C20H30O3/c1-12-10-20-11-13(12)5-6-14(20)18(2)7-4-8-19(3,17(22)23)15(18)9-16(20)21/h13-16,21H,1,4-11H2,2-3H3,(H,22,23)/t13-,14+,15+,16+,18+,19-,20?/m1/s1. The SMILES string of the molecule is C=C1CC23C[C@H]1CC[C@H]2[C@]1(C)CCC[C@@](C)(C(=O)O)[C@H]1C[C@@H]3O. The number of carboxylic acids is 1. The van der Waals surface area contributed by atoms with Crippen molar-refractivity contribution < 1.29 is 15.0 Å². The maximum Gasteiger partial charge on any atom is 0.309 e. The minimum absolute atomic E-state index is 0.0119. The number of hydrogen-bond donors (Lipinski definition) is 2. The quantitative estimate of drug-likeness (QED) is 0.718. The lowest BCUT2D eigenvalue weighted by Gasteiger charge is -2.64. The van der Waals surface area contributed by atoms with Gasteiger partial charge in [-0.1, -0.05) is 25.5 Å². The molecule has 3 heteroatoms.